The molecule has 95 heavy (non-hydrogen) atoms. The molecular formula is C88H76IN4OP. The van der Waals surface area contributed by atoms with Gasteiger partial charge in [-0.05, 0) is 193 Å². The van der Waals surface area contributed by atoms with E-state index in [9.17, 15) is 5.26 Å². The third-order valence-electron chi connectivity index (χ3n) is 18.9. The number of nitriles is 2. The molecule has 0 radical (unpaired) electrons. The maximum atomic E-state index is 9.59. The number of aromatic amines is 1. The fourth-order valence-electron chi connectivity index (χ4n) is 14.6. The Morgan fingerprint density at radius 1 is 0.400 bits per heavy atom. The van der Waals surface area contributed by atoms with E-state index in [1.165, 1.54) is 135 Å². The van der Waals surface area contributed by atoms with Crippen LogP contribution in [0.2, 0.25) is 0 Å². The van der Waals surface area contributed by atoms with E-state index in [1.807, 2.05) is 43.5 Å². The van der Waals surface area contributed by atoms with E-state index >= 15 is 0 Å². The van der Waals surface area contributed by atoms with Crippen molar-refractivity contribution in [1.29, 1.82) is 10.5 Å². The minimum Gasteiger partial charge on any atom is -0.496 e. The number of ether oxygens (including phenoxy) is 1. The summed E-state index contributed by atoms with van der Waals surface area (Å²) in [7, 11) is 1.69. The van der Waals surface area contributed by atoms with Crippen LogP contribution in [0.1, 0.15) is 80.9 Å². The van der Waals surface area contributed by atoms with Gasteiger partial charge in [0.05, 0.1) is 41.4 Å². The van der Waals surface area contributed by atoms with Gasteiger partial charge in [-0.15, -0.1) is 0 Å². The highest BCUT2D eigenvalue weighted by Crippen LogP contribution is 2.57. The summed E-state index contributed by atoms with van der Waals surface area (Å²) < 4.78 is 9.20. The third-order valence-corrected chi connectivity index (χ3v) is 23.1. The first-order chi connectivity index (χ1) is 46.9. The van der Waals surface area contributed by atoms with Crippen LogP contribution in [0, 0.1) is 33.2 Å². The summed E-state index contributed by atoms with van der Waals surface area (Å²) in [6.07, 6.45) is 14.4. The van der Waals surface area contributed by atoms with Crippen molar-refractivity contribution in [2.24, 2.45) is 0 Å². The number of hydrogen-bond acceptors (Lipinski definition) is 3. The second kappa shape index (κ2) is 30.5. The first-order valence-electron chi connectivity index (χ1n) is 33.4. The summed E-state index contributed by atoms with van der Waals surface area (Å²) in [6, 6.07) is 104. The molecule has 12 aromatic carbocycles. The fraction of sp³-hybridized carbons (Fsp3) is 0.159. The van der Waals surface area contributed by atoms with Crippen molar-refractivity contribution in [2.45, 2.75) is 82.4 Å². The fourth-order valence-corrected chi connectivity index (χ4v) is 19.1. The number of aromatic nitrogens is 2. The number of para-hydroxylation sites is 4. The third kappa shape index (κ3) is 14.0. The second-order valence-electron chi connectivity index (χ2n) is 24.7. The van der Waals surface area contributed by atoms with Crippen LogP contribution >= 0.6 is 30.5 Å². The maximum absolute atomic E-state index is 9.59. The number of aryl methyl sites for hydroxylation is 1. The highest BCUT2D eigenvalue weighted by atomic mass is 127. The topological polar surface area (TPSA) is 77.5 Å². The number of benzene rings is 12. The molecule has 2 heterocycles. The molecule has 0 aliphatic heterocycles. The molecule has 14 aromatic rings. The summed E-state index contributed by atoms with van der Waals surface area (Å²) in [6.45, 7) is 2.23. The van der Waals surface area contributed by atoms with E-state index in [1.54, 1.807) is 11.4 Å². The molecule has 16 rings (SSSR count). The average Bonchev–Trinajstić information content (AvgIpc) is 1.55. The molecule has 2 aromatic heterocycles. The zero-order chi connectivity index (χ0) is 64.9. The Morgan fingerprint density at radius 2 is 0.779 bits per heavy atom. The van der Waals surface area contributed by atoms with Crippen LogP contribution in [0.25, 0.3) is 104 Å². The smallest absolute Gasteiger partial charge is 0.126 e. The lowest BCUT2D eigenvalue weighted by atomic mass is 9.99. The Hall–Kier alpha value is -9.82. The molecule has 2 saturated carbocycles. The average molecular weight is 1360 g/mol. The van der Waals surface area contributed by atoms with E-state index in [4.69, 9.17) is 10.00 Å². The number of rotatable bonds is 6. The van der Waals surface area contributed by atoms with Gasteiger partial charge in [0.1, 0.15) is 5.75 Å². The summed E-state index contributed by atoms with van der Waals surface area (Å²) in [5, 5.41) is 34.3. The van der Waals surface area contributed by atoms with E-state index in [0.29, 0.717) is 5.56 Å². The van der Waals surface area contributed by atoms with Gasteiger partial charge < -0.3 is 14.3 Å². The van der Waals surface area contributed by atoms with Gasteiger partial charge in [0.25, 0.3) is 0 Å². The highest BCUT2D eigenvalue weighted by molar-refractivity contribution is 14.1. The lowest BCUT2D eigenvalue weighted by Gasteiger charge is -2.39. The number of H-pyrrole nitrogens is 1. The number of nitrogens with zero attached hydrogens (tertiary/aromatic N) is 3. The van der Waals surface area contributed by atoms with Crippen LogP contribution in [-0.2, 0) is 0 Å². The zero-order valence-corrected chi connectivity index (χ0v) is 57.0. The molecule has 2 fully saturated rings. The van der Waals surface area contributed by atoms with Crippen LogP contribution in [0.4, 0.5) is 0 Å². The number of hydrogen-bond donors (Lipinski definition) is 1. The maximum Gasteiger partial charge on any atom is 0.126 e. The number of nitrogens with one attached hydrogen (secondary N) is 1. The Bertz CT molecular complexity index is 5090. The standard InChI is InChI=1S/C31H20N2.C26H35OP.C24H17N.C7H4IN/c32-21-22-10-9-11-23(20-22)33-30-18-7-5-16-28(30)26-14-3-1-12-24(26)25-13-2-4-15-27(25)29-17-6-8-19-31(29)33;1-20-12-11-18-24(27-2)26(20)23-17-9-10-19-25(23)28(21-13-5-3-6-14-21)22-15-7-4-8-16-22;1-3-11-19-17(9-1)18-10-2-4-12-20(18)22-14-6-8-16-24(22)25-23-15-7-5-13-21(19)23;8-7-3-1-2-6(4-7)5-9/h1-20H;9-12,17-19,21-22H,3-8,13-16H2,1-2H3;1-16,25H;1-4H. The molecule has 466 valence electrons. The zero-order valence-electron chi connectivity index (χ0n) is 53.9. The molecule has 0 atom stereocenters. The van der Waals surface area contributed by atoms with Gasteiger partial charge in [0.2, 0.25) is 0 Å². The molecule has 0 unspecified atom stereocenters. The largest absolute Gasteiger partial charge is 0.496 e. The second-order valence-corrected chi connectivity index (χ2v) is 28.7. The van der Waals surface area contributed by atoms with Crippen molar-refractivity contribution in [3.63, 3.8) is 0 Å². The first-order valence-corrected chi connectivity index (χ1v) is 35.9. The van der Waals surface area contributed by atoms with Crippen LogP contribution in [0.15, 0.2) is 285 Å². The molecule has 1 N–H and O–H groups in total. The van der Waals surface area contributed by atoms with Crippen molar-refractivity contribution in [1.82, 2.24) is 9.55 Å². The lowest BCUT2D eigenvalue weighted by molar-refractivity contribution is 0.416. The molecule has 5 nitrogen and oxygen atoms in total. The molecular weight excluding hydrogens is 1290 g/mol. The molecule has 2 aliphatic rings. The molecule has 2 aliphatic carbocycles. The van der Waals surface area contributed by atoms with E-state index < -0.39 is 0 Å². The number of fused-ring (bicyclic) bond motifs is 14. The SMILES string of the molecule is COc1cccc(C)c1-c1ccccc1P(C1CCCCC1)C1CCCCC1.N#Cc1cccc(-n2c3ccccc3c3ccccc3c3ccccc3c3ccccc32)c1.N#Cc1cccc(I)c1.c1ccc2c(c1)[nH]c1ccccc1c1ccccc1c1ccccc21. The number of halogens is 1. The van der Waals surface area contributed by atoms with E-state index in [-0.39, 0.29) is 7.92 Å². The van der Waals surface area contributed by atoms with Crippen molar-refractivity contribution < 1.29 is 4.74 Å². The molecule has 0 amide bonds. The predicted octanol–water partition coefficient (Wildman–Crippen LogP) is 24.4. The normalized spacial score (nSPS) is 13.2. The quantitative estimate of drug-likeness (QED) is 0.133. The first kappa shape index (κ1) is 63.9. The monoisotopic (exact) mass is 1360 g/mol. The van der Waals surface area contributed by atoms with Crippen LogP contribution in [0.3, 0.4) is 0 Å². The van der Waals surface area contributed by atoms with Gasteiger partial charge in [-0.2, -0.15) is 10.5 Å². The molecule has 0 bridgehead atoms. The Labute approximate surface area is 572 Å². The minimum absolute atomic E-state index is 0.122. The Morgan fingerprint density at radius 3 is 1.23 bits per heavy atom. The summed E-state index contributed by atoms with van der Waals surface area (Å²) in [5.41, 5.74) is 12.7. The van der Waals surface area contributed by atoms with Gasteiger partial charge in [-0.3, -0.25) is 0 Å². The summed E-state index contributed by atoms with van der Waals surface area (Å²) >= 11 is 2.18. The van der Waals surface area contributed by atoms with Crippen molar-refractivity contribution in [3.05, 3.63) is 305 Å². The van der Waals surface area contributed by atoms with Gasteiger partial charge >= 0.3 is 0 Å². The Kier molecular flexibility index (Phi) is 20.5. The predicted molar refractivity (Wildman–Crippen MR) is 414 cm³/mol. The van der Waals surface area contributed by atoms with Gasteiger partial charge in [0, 0.05) is 47.4 Å². The molecule has 0 spiro atoms. The van der Waals surface area contributed by atoms with Crippen LogP contribution in [0.5, 0.6) is 5.75 Å². The van der Waals surface area contributed by atoms with Crippen LogP contribution < -0.4 is 10.0 Å². The molecule has 7 heteroatoms. The van der Waals surface area contributed by atoms with Gasteiger partial charge in [0.15, 0.2) is 0 Å². The Balaban J connectivity index is 0.000000122. The van der Waals surface area contributed by atoms with E-state index in [2.05, 4.69) is 294 Å². The number of methoxy groups -OCH3 is 1. The van der Waals surface area contributed by atoms with Gasteiger partial charge in [-0.25, -0.2) is 0 Å². The highest BCUT2D eigenvalue weighted by Gasteiger charge is 2.34. The van der Waals surface area contributed by atoms with E-state index in [0.717, 1.165) is 64.7 Å². The van der Waals surface area contributed by atoms with Crippen molar-refractivity contribution in [3.8, 4) is 34.7 Å². The lowest BCUT2D eigenvalue weighted by Crippen LogP contribution is -2.27. The van der Waals surface area contributed by atoms with Crippen molar-refractivity contribution in [2.75, 3.05) is 7.11 Å². The van der Waals surface area contributed by atoms with Gasteiger partial charge in [-0.1, -0.05) is 265 Å². The summed E-state index contributed by atoms with van der Waals surface area (Å²) in [4.78, 5) is 3.66. The van der Waals surface area contributed by atoms with Crippen molar-refractivity contribution >= 4 is 123 Å². The minimum atomic E-state index is -0.122. The van der Waals surface area contributed by atoms with Crippen LogP contribution in [-0.4, -0.2) is 28.0 Å². The molecule has 0 saturated heterocycles. The summed E-state index contributed by atoms with van der Waals surface area (Å²) in [5.74, 6) is 1.02.